The van der Waals surface area contributed by atoms with Crippen molar-refractivity contribution in [2.45, 2.75) is 30.4 Å². The van der Waals surface area contributed by atoms with Crippen molar-refractivity contribution in [1.82, 2.24) is 14.9 Å². The lowest BCUT2D eigenvalue weighted by Crippen LogP contribution is -2.53. The Morgan fingerprint density at radius 2 is 1.65 bits per heavy atom. The van der Waals surface area contributed by atoms with Crippen LogP contribution in [-0.4, -0.2) is 50.7 Å². The minimum Gasteiger partial charge on any atom is -0.508 e. The molecule has 15 heteroatoms. The molecular formula is C33H24Cl3F3N4O5. The van der Waals surface area contributed by atoms with Crippen LogP contribution in [-0.2, 0) is 30.8 Å². The summed E-state index contributed by atoms with van der Waals surface area (Å²) in [6.07, 6.45) is -2.20. The number of hydrogen-bond donors (Lipinski definition) is 2. The second kappa shape index (κ2) is 11.2. The van der Waals surface area contributed by atoms with Gasteiger partial charge in [-0.05, 0) is 60.2 Å². The Balaban J connectivity index is 1.45. The van der Waals surface area contributed by atoms with Crippen molar-refractivity contribution in [1.29, 1.82) is 0 Å². The normalized spacial score (nSPS) is 28.3. The van der Waals surface area contributed by atoms with Crippen LogP contribution in [0.5, 0.6) is 5.75 Å². The second-order valence-electron chi connectivity index (χ2n) is 12.4. The number of hydrogen-bond acceptors (Lipinski definition) is 7. The van der Waals surface area contributed by atoms with Gasteiger partial charge in [-0.3, -0.25) is 29.5 Å². The number of aromatic nitrogens is 1. The number of pyridine rings is 1. The van der Waals surface area contributed by atoms with Gasteiger partial charge in [-0.1, -0.05) is 64.7 Å². The molecule has 4 aliphatic rings. The van der Waals surface area contributed by atoms with E-state index in [2.05, 4.69) is 10.4 Å². The number of halogens is 6. The molecule has 1 saturated carbocycles. The van der Waals surface area contributed by atoms with Crippen LogP contribution < -0.4 is 5.43 Å². The second-order valence-corrected chi connectivity index (χ2v) is 13.6. The number of carbonyl (C=O) groups is 4. The van der Waals surface area contributed by atoms with E-state index >= 15 is 4.79 Å². The van der Waals surface area contributed by atoms with Gasteiger partial charge in [-0.25, -0.2) is 4.98 Å². The number of imide groups is 2. The number of phenols is 1. The van der Waals surface area contributed by atoms with Crippen molar-refractivity contribution in [2.24, 2.45) is 23.7 Å². The highest BCUT2D eigenvalue weighted by molar-refractivity contribution is 6.33. The van der Waals surface area contributed by atoms with Crippen molar-refractivity contribution in [3.05, 3.63) is 98.1 Å². The molecule has 0 radical (unpaired) electrons. The molecule has 9 nitrogen and oxygen atoms in total. The minimum absolute atomic E-state index is 0.0222. The molecule has 7 rings (SSSR count). The number of allylic oxidation sites excluding steroid dienone is 2. The number of nitrogens with one attached hydrogen (secondary N) is 1. The monoisotopic (exact) mass is 718 g/mol. The van der Waals surface area contributed by atoms with Crippen LogP contribution in [0.2, 0.25) is 15.1 Å². The molecule has 6 atom stereocenters. The van der Waals surface area contributed by atoms with E-state index in [4.69, 9.17) is 34.8 Å². The van der Waals surface area contributed by atoms with Gasteiger partial charge in [0.05, 0.1) is 33.8 Å². The van der Waals surface area contributed by atoms with Gasteiger partial charge in [0, 0.05) is 29.2 Å². The van der Waals surface area contributed by atoms with Crippen LogP contribution in [0.3, 0.4) is 0 Å². The summed E-state index contributed by atoms with van der Waals surface area (Å²) in [7, 11) is 1.41. The lowest BCUT2D eigenvalue weighted by atomic mass is 9.49. The Morgan fingerprint density at radius 1 is 0.938 bits per heavy atom. The fourth-order valence-electron chi connectivity index (χ4n) is 8.03. The molecule has 0 spiro atoms. The van der Waals surface area contributed by atoms with E-state index < -0.39 is 69.5 Å². The number of amides is 4. The minimum atomic E-state index is -4.74. The maximum atomic E-state index is 15.0. The Hall–Kier alpha value is -4.13. The number of fused-ring (bicyclic) bond motifs is 4. The van der Waals surface area contributed by atoms with E-state index in [-0.39, 0.29) is 35.3 Å². The van der Waals surface area contributed by atoms with Crippen molar-refractivity contribution < 1.29 is 37.5 Å². The zero-order valence-electron chi connectivity index (χ0n) is 24.8. The number of alkyl halides is 3. The lowest BCUT2D eigenvalue weighted by molar-refractivity contribution is -0.140. The number of phenolic OH excluding ortho intramolecular Hbond substituents is 1. The first-order valence-electron chi connectivity index (χ1n) is 14.8. The maximum absolute atomic E-state index is 15.0. The molecule has 4 amide bonds. The summed E-state index contributed by atoms with van der Waals surface area (Å²) in [4.78, 5) is 61.1. The van der Waals surface area contributed by atoms with E-state index in [9.17, 15) is 32.7 Å². The third-order valence-electron chi connectivity index (χ3n) is 10.1. The Labute approximate surface area is 286 Å². The highest BCUT2D eigenvalue weighted by Crippen LogP contribution is 2.64. The Morgan fingerprint density at radius 3 is 2.29 bits per heavy atom. The third-order valence-corrected chi connectivity index (χ3v) is 10.9. The zero-order chi connectivity index (χ0) is 34.4. The largest absolute Gasteiger partial charge is 0.508 e. The quantitative estimate of drug-likeness (QED) is 0.237. The number of hydrazine groups is 1. The van der Waals surface area contributed by atoms with Crippen LogP contribution in [0.1, 0.15) is 35.4 Å². The van der Waals surface area contributed by atoms with Crippen LogP contribution in [0.25, 0.3) is 0 Å². The summed E-state index contributed by atoms with van der Waals surface area (Å²) in [5, 5.41) is 10.9. The summed E-state index contributed by atoms with van der Waals surface area (Å²) in [5.41, 5.74) is 1.09. The predicted molar refractivity (Wildman–Crippen MR) is 168 cm³/mol. The molecule has 1 aromatic heterocycles. The first-order chi connectivity index (χ1) is 22.7. The van der Waals surface area contributed by atoms with Crippen molar-refractivity contribution >= 4 is 64.2 Å². The van der Waals surface area contributed by atoms with Crippen LogP contribution >= 0.6 is 34.8 Å². The molecule has 2 aromatic carbocycles. The van der Waals surface area contributed by atoms with Crippen LogP contribution in [0.4, 0.5) is 19.0 Å². The van der Waals surface area contributed by atoms with E-state index in [1.807, 2.05) is 6.08 Å². The molecule has 2 N–H and O–H groups in total. The summed E-state index contributed by atoms with van der Waals surface area (Å²) >= 11 is 19.2. The fourth-order valence-corrected chi connectivity index (χ4v) is 8.65. The van der Waals surface area contributed by atoms with E-state index in [1.54, 1.807) is 30.3 Å². The highest BCUT2D eigenvalue weighted by Gasteiger charge is 2.70. The summed E-state index contributed by atoms with van der Waals surface area (Å²) in [6.45, 7) is 0. The third kappa shape index (κ3) is 4.63. The molecule has 3 heterocycles. The van der Waals surface area contributed by atoms with Crippen molar-refractivity contribution in [3.63, 3.8) is 0 Å². The molecular weight excluding hydrogens is 696 g/mol. The van der Waals surface area contributed by atoms with Gasteiger partial charge < -0.3 is 5.11 Å². The average molecular weight is 720 g/mol. The first kappa shape index (κ1) is 32.4. The van der Waals surface area contributed by atoms with Gasteiger partial charge in [0.15, 0.2) is 5.82 Å². The van der Waals surface area contributed by atoms with Crippen LogP contribution in [0.15, 0.2) is 66.4 Å². The molecule has 3 fully saturated rings. The van der Waals surface area contributed by atoms with E-state index in [1.165, 1.54) is 19.2 Å². The number of carbonyl (C=O) groups excluding carboxylic acids is 4. The predicted octanol–water partition coefficient (Wildman–Crippen LogP) is 6.38. The zero-order valence-corrected chi connectivity index (χ0v) is 27.0. The topological polar surface area (TPSA) is 120 Å². The van der Waals surface area contributed by atoms with Crippen molar-refractivity contribution in [2.75, 3.05) is 12.5 Å². The van der Waals surface area contributed by atoms with E-state index in [0.717, 1.165) is 4.90 Å². The van der Waals surface area contributed by atoms with Gasteiger partial charge in [0.25, 0.3) is 11.8 Å². The molecule has 48 heavy (non-hydrogen) atoms. The maximum Gasteiger partial charge on any atom is 0.417 e. The average Bonchev–Trinajstić information content (AvgIpc) is 3.38. The Bertz CT molecular complexity index is 1960. The lowest BCUT2D eigenvalue weighted by Gasteiger charge is -2.50. The number of anilines is 1. The van der Waals surface area contributed by atoms with Crippen LogP contribution in [0, 0.1) is 23.7 Å². The van der Waals surface area contributed by atoms with Gasteiger partial charge >= 0.3 is 6.18 Å². The molecule has 3 aromatic rings. The number of nitrogens with zero attached hydrogens (tertiary/aromatic N) is 3. The Kier molecular flexibility index (Phi) is 7.57. The van der Waals surface area contributed by atoms with Crippen molar-refractivity contribution in [3.8, 4) is 5.75 Å². The summed E-state index contributed by atoms with van der Waals surface area (Å²) in [5.74, 6) is -7.08. The molecule has 0 bridgehead atoms. The van der Waals surface area contributed by atoms with E-state index in [0.29, 0.717) is 39.0 Å². The SMILES string of the molecule is CN1C(=O)C2CC=C3C(CC4C(=O)N(Nc5ncc(C(F)(F)F)cc5Cl)C(=O)C4(c4ccc(Cl)cc4)C3c3ccc(O)cc3Cl)C2C1=O. The number of rotatable bonds is 4. The molecule has 2 aliphatic heterocycles. The fraction of sp³-hybridized carbons (Fsp3) is 0.303. The summed E-state index contributed by atoms with van der Waals surface area (Å²) in [6, 6.07) is 11.2. The smallest absolute Gasteiger partial charge is 0.417 e. The van der Waals surface area contributed by atoms with Gasteiger partial charge in [-0.15, -0.1) is 0 Å². The molecule has 6 unspecified atom stereocenters. The standard InChI is InChI=1S/C33H24Cl3F3N4O5/c1-42-28(45)20-9-8-18-21(25(20)30(42)47)12-22-29(46)43(41-27-24(36)10-15(13-40-27)33(37,38)39)31(48)32(22,14-2-4-16(34)5-3-14)26(18)19-7-6-17(44)11-23(19)35/h2-8,10-11,13,20-22,25-26,44H,9,12H2,1H3,(H,40,41). The van der Waals surface area contributed by atoms with Gasteiger partial charge in [0.1, 0.15) is 5.75 Å². The summed E-state index contributed by atoms with van der Waals surface area (Å²) < 4.78 is 40.0. The first-order valence-corrected chi connectivity index (χ1v) is 15.9. The molecule has 2 aliphatic carbocycles. The molecule has 2 saturated heterocycles. The number of benzene rings is 2. The highest BCUT2D eigenvalue weighted by atomic mass is 35.5. The van der Waals surface area contributed by atoms with Gasteiger partial charge in [-0.2, -0.15) is 18.2 Å². The number of aromatic hydroxyl groups is 1. The number of likely N-dealkylation sites (tertiary alicyclic amines) is 1. The van der Waals surface area contributed by atoms with Gasteiger partial charge in [0.2, 0.25) is 11.8 Å². The molecule has 248 valence electrons.